The molecule has 4 rings (SSSR count). The van der Waals surface area contributed by atoms with Crippen LogP contribution in [0.15, 0.2) is 102 Å². The van der Waals surface area contributed by atoms with Crippen LogP contribution in [-0.4, -0.2) is 43.8 Å². The number of benzene rings is 4. The third kappa shape index (κ3) is 8.77. The Bertz CT molecular complexity index is 1760. The first-order chi connectivity index (χ1) is 21.9. The molecule has 0 fully saturated rings. The first-order valence-corrected chi connectivity index (χ1v) is 17.3. The summed E-state index contributed by atoms with van der Waals surface area (Å²) in [6.07, 6.45) is 0.976. The Morgan fingerprint density at radius 3 is 2.13 bits per heavy atom. The number of rotatable bonds is 13. The largest absolute Gasteiger partial charge is 0.352 e. The van der Waals surface area contributed by atoms with Crippen molar-refractivity contribution in [3.8, 4) is 0 Å². The number of sulfonamides is 1. The van der Waals surface area contributed by atoms with Gasteiger partial charge in [0.05, 0.1) is 10.6 Å². The van der Waals surface area contributed by atoms with E-state index in [0.717, 1.165) is 38.5 Å². The number of anilines is 1. The summed E-state index contributed by atoms with van der Waals surface area (Å²) in [6, 6.07) is 27.4. The summed E-state index contributed by atoms with van der Waals surface area (Å²) >= 11 is 6.08. The zero-order valence-electron chi connectivity index (χ0n) is 27.0. The summed E-state index contributed by atoms with van der Waals surface area (Å²) < 4.78 is 29.6. The fourth-order valence-electron chi connectivity index (χ4n) is 5.15. The Morgan fingerprint density at radius 1 is 0.826 bits per heavy atom. The summed E-state index contributed by atoms with van der Waals surface area (Å²) in [5.41, 5.74) is 4.95. The van der Waals surface area contributed by atoms with Gasteiger partial charge >= 0.3 is 0 Å². The van der Waals surface area contributed by atoms with E-state index in [0.29, 0.717) is 10.7 Å². The van der Waals surface area contributed by atoms with Gasteiger partial charge in [-0.2, -0.15) is 0 Å². The van der Waals surface area contributed by atoms with E-state index in [9.17, 15) is 18.0 Å². The lowest BCUT2D eigenvalue weighted by molar-refractivity contribution is -0.140. The summed E-state index contributed by atoms with van der Waals surface area (Å²) in [4.78, 5) is 30.1. The normalized spacial score (nSPS) is 12.7. The third-order valence-electron chi connectivity index (χ3n) is 8.17. The van der Waals surface area contributed by atoms with Crippen LogP contribution in [0.2, 0.25) is 5.02 Å². The van der Waals surface area contributed by atoms with Crippen LogP contribution < -0.4 is 9.62 Å². The van der Waals surface area contributed by atoms with Crippen LogP contribution >= 0.6 is 11.6 Å². The SMILES string of the molecule is CC[C@H](C)NC(=O)[C@@H](Cc1ccccc1)N(Cc1cccc(C)c1)C(=O)CN(c1ccc(C)c(C)c1)S(=O)(=O)c1ccc(Cl)cc1. The highest BCUT2D eigenvalue weighted by atomic mass is 35.5. The monoisotopic (exact) mass is 659 g/mol. The molecular weight excluding hydrogens is 618 g/mol. The number of amides is 2. The fraction of sp³-hybridized carbons (Fsp3) is 0.297. The van der Waals surface area contributed by atoms with Crippen LogP contribution in [0.5, 0.6) is 0 Å². The first-order valence-electron chi connectivity index (χ1n) is 15.4. The van der Waals surface area contributed by atoms with Crippen LogP contribution in [0.1, 0.15) is 48.1 Å². The van der Waals surface area contributed by atoms with Crippen molar-refractivity contribution in [1.29, 1.82) is 0 Å². The molecule has 0 aliphatic carbocycles. The van der Waals surface area contributed by atoms with Crippen molar-refractivity contribution in [2.75, 3.05) is 10.8 Å². The van der Waals surface area contributed by atoms with E-state index >= 15 is 0 Å². The highest BCUT2D eigenvalue weighted by Gasteiger charge is 2.35. The van der Waals surface area contributed by atoms with Crippen LogP contribution in [0.3, 0.4) is 0 Å². The van der Waals surface area contributed by atoms with E-state index < -0.39 is 28.5 Å². The van der Waals surface area contributed by atoms with Crippen molar-refractivity contribution in [3.05, 3.63) is 130 Å². The molecule has 4 aromatic carbocycles. The molecule has 0 aliphatic heterocycles. The van der Waals surface area contributed by atoms with Crippen molar-refractivity contribution in [2.45, 2.75) is 71.0 Å². The quantitative estimate of drug-likeness (QED) is 0.167. The van der Waals surface area contributed by atoms with Crippen molar-refractivity contribution < 1.29 is 18.0 Å². The van der Waals surface area contributed by atoms with Crippen molar-refractivity contribution in [3.63, 3.8) is 0 Å². The molecule has 242 valence electrons. The molecule has 2 atom stereocenters. The lowest BCUT2D eigenvalue weighted by atomic mass is 10.0. The number of hydrogen-bond donors (Lipinski definition) is 1. The van der Waals surface area contributed by atoms with E-state index in [1.165, 1.54) is 29.2 Å². The first kappa shape index (κ1) is 34.7. The molecule has 0 saturated carbocycles. The molecule has 0 unspecified atom stereocenters. The molecular formula is C37H42ClN3O4S. The van der Waals surface area contributed by atoms with Gasteiger partial charge in [0, 0.05) is 24.0 Å². The number of carbonyl (C=O) groups is 2. The van der Waals surface area contributed by atoms with Crippen molar-refractivity contribution in [2.24, 2.45) is 0 Å². The lowest BCUT2D eigenvalue weighted by Crippen LogP contribution is -2.54. The van der Waals surface area contributed by atoms with E-state index in [1.807, 2.05) is 95.3 Å². The minimum atomic E-state index is -4.21. The fourth-order valence-corrected chi connectivity index (χ4v) is 6.68. The summed E-state index contributed by atoms with van der Waals surface area (Å²) in [5, 5.41) is 3.46. The highest BCUT2D eigenvalue weighted by molar-refractivity contribution is 7.92. The number of aryl methyl sites for hydroxylation is 3. The van der Waals surface area contributed by atoms with Gasteiger partial charge in [-0.3, -0.25) is 13.9 Å². The maximum atomic E-state index is 14.6. The molecule has 4 aromatic rings. The molecule has 0 aliphatic rings. The molecule has 46 heavy (non-hydrogen) atoms. The molecule has 0 aromatic heterocycles. The van der Waals surface area contributed by atoms with Gasteiger partial charge in [-0.1, -0.05) is 84.8 Å². The minimum Gasteiger partial charge on any atom is -0.352 e. The Hall–Kier alpha value is -4.14. The molecule has 2 amide bonds. The Balaban J connectivity index is 1.83. The molecule has 7 nitrogen and oxygen atoms in total. The predicted octanol–water partition coefficient (Wildman–Crippen LogP) is 7.02. The summed E-state index contributed by atoms with van der Waals surface area (Å²) in [6.45, 7) is 9.31. The van der Waals surface area contributed by atoms with Crippen molar-refractivity contribution >= 4 is 39.1 Å². The smallest absolute Gasteiger partial charge is 0.264 e. The van der Waals surface area contributed by atoms with Gasteiger partial charge in [-0.05, 0) is 92.8 Å². The number of halogens is 1. The van der Waals surface area contributed by atoms with E-state index in [2.05, 4.69) is 5.32 Å². The molecule has 0 radical (unpaired) electrons. The van der Waals surface area contributed by atoms with Crippen LogP contribution in [0, 0.1) is 20.8 Å². The average Bonchev–Trinajstić information content (AvgIpc) is 3.03. The summed E-state index contributed by atoms with van der Waals surface area (Å²) in [5.74, 6) is -0.796. The highest BCUT2D eigenvalue weighted by Crippen LogP contribution is 2.28. The van der Waals surface area contributed by atoms with Gasteiger partial charge in [0.1, 0.15) is 12.6 Å². The van der Waals surface area contributed by atoms with E-state index in [-0.39, 0.29) is 29.8 Å². The molecule has 9 heteroatoms. The maximum Gasteiger partial charge on any atom is 0.264 e. The van der Waals surface area contributed by atoms with Gasteiger partial charge < -0.3 is 10.2 Å². The summed E-state index contributed by atoms with van der Waals surface area (Å²) in [7, 11) is -4.21. The predicted molar refractivity (Wildman–Crippen MR) is 185 cm³/mol. The molecule has 1 N–H and O–H groups in total. The second kappa shape index (κ2) is 15.4. The zero-order valence-corrected chi connectivity index (χ0v) is 28.6. The Kier molecular flexibility index (Phi) is 11.7. The van der Waals surface area contributed by atoms with Gasteiger partial charge in [0.25, 0.3) is 10.0 Å². The Labute approximate surface area is 278 Å². The average molecular weight is 660 g/mol. The van der Waals surface area contributed by atoms with Gasteiger partial charge in [-0.15, -0.1) is 0 Å². The number of nitrogens with one attached hydrogen (secondary N) is 1. The standard InChI is InChI=1S/C37H42ClN3O4S/c1-6-29(5)39-37(43)35(23-30-12-8-7-9-13-30)40(24-31-14-10-11-26(2)21-31)36(42)25-41(33-18-15-27(3)28(4)22-33)46(44,45)34-19-16-32(38)17-20-34/h7-22,29,35H,6,23-25H2,1-5H3,(H,39,43)/t29-,35+/m0/s1. The zero-order chi connectivity index (χ0) is 33.4. The van der Waals surface area contributed by atoms with E-state index in [1.54, 1.807) is 12.1 Å². The van der Waals surface area contributed by atoms with Crippen LogP contribution in [0.25, 0.3) is 0 Å². The van der Waals surface area contributed by atoms with Crippen molar-refractivity contribution in [1.82, 2.24) is 10.2 Å². The number of nitrogens with zero attached hydrogens (tertiary/aromatic N) is 2. The third-order valence-corrected chi connectivity index (χ3v) is 10.2. The van der Waals surface area contributed by atoms with Gasteiger partial charge in [0.15, 0.2) is 0 Å². The van der Waals surface area contributed by atoms with Crippen LogP contribution in [0.4, 0.5) is 5.69 Å². The Morgan fingerprint density at radius 2 is 1.50 bits per heavy atom. The molecule has 0 spiro atoms. The second-order valence-electron chi connectivity index (χ2n) is 11.8. The second-order valence-corrected chi connectivity index (χ2v) is 14.1. The number of carbonyl (C=O) groups excluding carboxylic acids is 2. The maximum absolute atomic E-state index is 14.6. The van der Waals surface area contributed by atoms with Crippen LogP contribution in [-0.2, 0) is 32.6 Å². The van der Waals surface area contributed by atoms with E-state index in [4.69, 9.17) is 11.6 Å². The van der Waals surface area contributed by atoms with Gasteiger partial charge in [-0.25, -0.2) is 8.42 Å². The minimum absolute atomic E-state index is 0.00325. The lowest BCUT2D eigenvalue weighted by Gasteiger charge is -2.34. The number of hydrogen-bond acceptors (Lipinski definition) is 4. The molecule has 0 bridgehead atoms. The molecule has 0 saturated heterocycles. The topological polar surface area (TPSA) is 86.8 Å². The van der Waals surface area contributed by atoms with Gasteiger partial charge in [0.2, 0.25) is 11.8 Å². The molecule has 0 heterocycles.